The number of nitrogens with zero attached hydrogens (tertiary/aromatic N) is 3. The van der Waals surface area contributed by atoms with E-state index in [1.54, 1.807) is 24.5 Å². The van der Waals surface area contributed by atoms with Crippen LogP contribution in [-0.4, -0.2) is 64.2 Å². The van der Waals surface area contributed by atoms with E-state index in [0.29, 0.717) is 18.8 Å². The van der Waals surface area contributed by atoms with Crippen LogP contribution in [0.25, 0.3) is 11.1 Å². The van der Waals surface area contributed by atoms with Gasteiger partial charge in [-0.3, -0.25) is 9.88 Å². The van der Waals surface area contributed by atoms with Crippen LogP contribution in [0.2, 0.25) is 0 Å². The van der Waals surface area contributed by atoms with E-state index in [1.807, 2.05) is 17.0 Å². The Labute approximate surface area is 199 Å². The number of rotatable bonds is 4. The molecule has 2 aliphatic heterocycles. The van der Waals surface area contributed by atoms with Crippen LogP contribution in [0.5, 0.6) is 0 Å². The Kier molecular flexibility index (Phi) is 6.56. The number of pyridine rings is 1. The van der Waals surface area contributed by atoms with E-state index in [9.17, 15) is 14.3 Å². The molecule has 6 nitrogen and oxygen atoms in total. The molecule has 0 unspecified atom stereocenters. The van der Waals surface area contributed by atoms with Gasteiger partial charge in [-0.15, -0.1) is 0 Å². The number of hydrogen-bond acceptors (Lipinski definition) is 4. The second kappa shape index (κ2) is 9.91. The van der Waals surface area contributed by atoms with Crippen molar-refractivity contribution in [1.29, 1.82) is 0 Å². The Balaban J connectivity index is 1.34. The van der Waals surface area contributed by atoms with E-state index >= 15 is 0 Å². The SMILES string of the molecule is O=C(Nc1ccc(F)cc1)N1CCCCN2[C@@H](CO)[C@@H](c3ccc(-c4ccncc4)cc3)[C@@H]2C1. The van der Waals surface area contributed by atoms with Gasteiger partial charge in [-0.2, -0.15) is 0 Å². The van der Waals surface area contributed by atoms with Crippen LogP contribution in [0.1, 0.15) is 24.3 Å². The number of nitrogens with one attached hydrogen (secondary N) is 1. The van der Waals surface area contributed by atoms with Gasteiger partial charge < -0.3 is 15.3 Å². The van der Waals surface area contributed by atoms with Crippen LogP contribution in [0.4, 0.5) is 14.9 Å². The summed E-state index contributed by atoms with van der Waals surface area (Å²) in [7, 11) is 0. The second-order valence-corrected chi connectivity index (χ2v) is 9.03. The molecule has 2 aromatic carbocycles. The largest absolute Gasteiger partial charge is 0.395 e. The maximum atomic E-state index is 13.2. The highest BCUT2D eigenvalue weighted by atomic mass is 19.1. The van der Waals surface area contributed by atoms with Crippen LogP contribution in [0, 0.1) is 5.82 Å². The molecule has 2 amide bonds. The Hall–Kier alpha value is -3.29. The molecule has 5 rings (SSSR count). The fraction of sp³-hybridized carbons (Fsp3) is 0.333. The molecule has 3 atom stereocenters. The molecule has 176 valence electrons. The number of fused-ring (bicyclic) bond motifs is 1. The van der Waals surface area contributed by atoms with Crippen molar-refractivity contribution in [1.82, 2.24) is 14.8 Å². The Morgan fingerprint density at radius 1 is 0.971 bits per heavy atom. The first-order valence-electron chi connectivity index (χ1n) is 11.8. The van der Waals surface area contributed by atoms with Gasteiger partial charge in [-0.1, -0.05) is 24.3 Å². The van der Waals surface area contributed by atoms with Gasteiger partial charge in [0.15, 0.2) is 0 Å². The number of hydrogen-bond donors (Lipinski definition) is 2. The number of benzene rings is 2. The monoisotopic (exact) mass is 460 g/mol. The highest BCUT2D eigenvalue weighted by Gasteiger charge is 2.49. The molecule has 7 heteroatoms. The summed E-state index contributed by atoms with van der Waals surface area (Å²) in [5, 5.41) is 13.1. The first-order valence-corrected chi connectivity index (χ1v) is 11.8. The number of aliphatic hydroxyl groups excluding tert-OH is 1. The van der Waals surface area contributed by atoms with E-state index in [-0.39, 0.29) is 36.5 Å². The van der Waals surface area contributed by atoms with Crippen molar-refractivity contribution in [3.63, 3.8) is 0 Å². The van der Waals surface area contributed by atoms with E-state index in [1.165, 1.54) is 17.7 Å². The first-order chi connectivity index (χ1) is 16.6. The van der Waals surface area contributed by atoms with Crippen molar-refractivity contribution in [2.45, 2.75) is 30.8 Å². The molecule has 2 fully saturated rings. The van der Waals surface area contributed by atoms with Crippen LogP contribution >= 0.6 is 0 Å². The van der Waals surface area contributed by atoms with Crippen molar-refractivity contribution in [3.8, 4) is 11.1 Å². The van der Waals surface area contributed by atoms with Gasteiger partial charge in [0.2, 0.25) is 0 Å². The van der Waals surface area contributed by atoms with Gasteiger partial charge in [0, 0.05) is 49.2 Å². The lowest BCUT2D eigenvalue weighted by atomic mass is 9.74. The topological polar surface area (TPSA) is 68.7 Å². The molecule has 0 saturated carbocycles. The molecule has 1 aromatic heterocycles. The molecule has 34 heavy (non-hydrogen) atoms. The Bertz CT molecular complexity index is 1110. The molecule has 2 aliphatic rings. The summed E-state index contributed by atoms with van der Waals surface area (Å²) in [6.45, 7) is 2.28. The number of carbonyl (C=O) groups excluding carboxylic acids is 1. The van der Waals surface area contributed by atoms with Crippen LogP contribution in [0.3, 0.4) is 0 Å². The zero-order valence-corrected chi connectivity index (χ0v) is 19.0. The molecule has 0 bridgehead atoms. The Morgan fingerprint density at radius 3 is 2.35 bits per heavy atom. The number of carbonyl (C=O) groups is 1. The standard InChI is InChI=1S/C27H29FN4O2/c28-22-7-9-23(10-8-22)30-27(34)31-15-1-2-16-32-24(17-31)26(25(32)18-33)21-5-3-19(4-6-21)20-11-13-29-14-12-20/h3-14,24-26,33H,1-2,15-18H2,(H,30,34)/t24-,25-,26-/m0/s1. The fourth-order valence-electron chi connectivity index (χ4n) is 5.30. The lowest BCUT2D eigenvalue weighted by Crippen LogP contribution is -2.68. The van der Waals surface area contributed by atoms with Gasteiger partial charge >= 0.3 is 6.03 Å². The first kappa shape index (κ1) is 22.5. The van der Waals surface area contributed by atoms with E-state index in [4.69, 9.17) is 0 Å². The smallest absolute Gasteiger partial charge is 0.321 e. The summed E-state index contributed by atoms with van der Waals surface area (Å²) < 4.78 is 13.2. The zero-order chi connectivity index (χ0) is 23.5. The number of aliphatic hydroxyl groups is 1. The van der Waals surface area contributed by atoms with E-state index < -0.39 is 0 Å². The summed E-state index contributed by atoms with van der Waals surface area (Å²) in [4.78, 5) is 21.3. The lowest BCUT2D eigenvalue weighted by Gasteiger charge is -2.57. The third-order valence-electron chi connectivity index (χ3n) is 7.06. The van der Waals surface area contributed by atoms with Crippen LogP contribution in [0.15, 0.2) is 73.1 Å². The van der Waals surface area contributed by atoms with Crippen molar-refractivity contribution >= 4 is 11.7 Å². The van der Waals surface area contributed by atoms with Gasteiger partial charge in [-0.25, -0.2) is 9.18 Å². The number of amides is 2. The van der Waals surface area contributed by atoms with Gasteiger partial charge in [0.1, 0.15) is 5.82 Å². The summed E-state index contributed by atoms with van der Waals surface area (Å²) in [5.74, 6) is -0.182. The molecular formula is C27H29FN4O2. The summed E-state index contributed by atoms with van der Waals surface area (Å²) in [6, 6.07) is 18.3. The van der Waals surface area contributed by atoms with Crippen molar-refractivity contribution in [2.24, 2.45) is 0 Å². The third kappa shape index (κ3) is 4.54. The number of urea groups is 1. The van der Waals surface area contributed by atoms with Crippen molar-refractivity contribution in [2.75, 3.05) is 31.6 Å². The predicted octanol–water partition coefficient (Wildman–Crippen LogP) is 4.34. The van der Waals surface area contributed by atoms with E-state index in [2.05, 4.69) is 39.5 Å². The van der Waals surface area contributed by atoms with Gasteiger partial charge in [0.05, 0.1) is 6.61 Å². The molecule has 2 N–H and O–H groups in total. The van der Waals surface area contributed by atoms with Crippen molar-refractivity contribution in [3.05, 3.63) is 84.4 Å². The maximum absolute atomic E-state index is 13.2. The maximum Gasteiger partial charge on any atom is 0.321 e. The normalized spacial score (nSPS) is 22.8. The summed E-state index contributed by atoms with van der Waals surface area (Å²) in [6.07, 6.45) is 5.45. The van der Waals surface area contributed by atoms with E-state index in [0.717, 1.165) is 30.5 Å². The van der Waals surface area contributed by atoms with Crippen molar-refractivity contribution < 1.29 is 14.3 Å². The zero-order valence-electron chi connectivity index (χ0n) is 19.0. The molecule has 0 aliphatic carbocycles. The second-order valence-electron chi connectivity index (χ2n) is 9.03. The minimum absolute atomic E-state index is 0.0527. The summed E-state index contributed by atoms with van der Waals surface area (Å²) >= 11 is 0. The minimum atomic E-state index is -0.331. The predicted molar refractivity (Wildman–Crippen MR) is 130 cm³/mol. The fourth-order valence-corrected chi connectivity index (χ4v) is 5.30. The lowest BCUT2D eigenvalue weighted by molar-refractivity contribution is -0.0585. The highest BCUT2D eigenvalue weighted by Crippen LogP contribution is 2.42. The van der Waals surface area contributed by atoms with Gasteiger partial charge in [0.25, 0.3) is 0 Å². The molecule has 3 heterocycles. The average molecular weight is 461 g/mol. The number of anilines is 1. The highest BCUT2D eigenvalue weighted by molar-refractivity contribution is 5.89. The molecule has 0 spiro atoms. The third-order valence-corrected chi connectivity index (χ3v) is 7.06. The average Bonchev–Trinajstić information content (AvgIpc) is 2.85. The minimum Gasteiger partial charge on any atom is -0.395 e. The number of halogens is 1. The summed E-state index contributed by atoms with van der Waals surface area (Å²) in [5.41, 5.74) is 4.00. The molecule has 2 saturated heterocycles. The van der Waals surface area contributed by atoms with Gasteiger partial charge in [-0.05, 0) is 72.5 Å². The van der Waals surface area contributed by atoms with Crippen LogP contribution in [-0.2, 0) is 0 Å². The quantitative estimate of drug-likeness (QED) is 0.608. The Morgan fingerprint density at radius 2 is 1.65 bits per heavy atom. The molecular weight excluding hydrogens is 431 g/mol. The molecule has 3 aromatic rings. The number of aromatic nitrogens is 1. The molecule has 0 radical (unpaired) electrons. The van der Waals surface area contributed by atoms with Crippen LogP contribution < -0.4 is 5.32 Å².